The van der Waals surface area contributed by atoms with Gasteiger partial charge in [0, 0.05) is 19.4 Å². The summed E-state index contributed by atoms with van der Waals surface area (Å²) in [6, 6.07) is 6.46. The highest BCUT2D eigenvalue weighted by atomic mass is 16.5. The van der Waals surface area contributed by atoms with Crippen LogP contribution >= 0.6 is 0 Å². The number of nitrogens with zero attached hydrogens (tertiary/aromatic N) is 1. The van der Waals surface area contributed by atoms with E-state index < -0.39 is 102 Å². The molecule has 370 valence electrons. The van der Waals surface area contributed by atoms with Crippen LogP contribution in [0.2, 0.25) is 0 Å². The van der Waals surface area contributed by atoms with E-state index in [0.717, 1.165) is 0 Å². The van der Waals surface area contributed by atoms with Crippen LogP contribution in [0.3, 0.4) is 0 Å². The van der Waals surface area contributed by atoms with E-state index in [2.05, 4.69) is 36.9 Å². The molecule has 0 saturated heterocycles. The van der Waals surface area contributed by atoms with Crippen molar-refractivity contribution in [3.63, 3.8) is 0 Å². The first-order chi connectivity index (χ1) is 31.6. The maximum absolute atomic E-state index is 14.1. The highest BCUT2D eigenvalue weighted by Crippen LogP contribution is 2.14. The first kappa shape index (κ1) is 56.3. The summed E-state index contributed by atoms with van der Waals surface area (Å²) < 4.78 is 5.61. The van der Waals surface area contributed by atoms with Crippen LogP contribution in [0.4, 0.5) is 0 Å². The lowest BCUT2D eigenvalue weighted by Gasteiger charge is -2.28. The number of hydrogen-bond donors (Lipinski definition) is 12. The van der Waals surface area contributed by atoms with Crippen molar-refractivity contribution in [1.82, 2.24) is 31.9 Å². The van der Waals surface area contributed by atoms with Gasteiger partial charge in [-0.15, -0.1) is 0 Å². The monoisotopic (exact) mass is 940 g/mol. The van der Waals surface area contributed by atoms with Gasteiger partial charge in [-0.1, -0.05) is 70.2 Å². The minimum absolute atomic E-state index is 0.0227. The lowest BCUT2D eigenvalue weighted by molar-refractivity contribution is -0.149. The van der Waals surface area contributed by atoms with Crippen molar-refractivity contribution in [2.24, 2.45) is 39.8 Å². The number of esters is 1. The van der Waals surface area contributed by atoms with Crippen LogP contribution in [0.1, 0.15) is 84.3 Å². The van der Waals surface area contributed by atoms with Crippen LogP contribution < -0.4 is 54.8 Å². The summed E-state index contributed by atoms with van der Waals surface area (Å²) in [6.07, 6.45) is -0.362. The summed E-state index contributed by atoms with van der Waals surface area (Å²) in [7, 11) is 0. The number of phenolic OH excluding ortho intramolecular Hbond substituents is 1. The quantitative estimate of drug-likeness (QED) is 0.0192. The van der Waals surface area contributed by atoms with Crippen molar-refractivity contribution < 1.29 is 53.3 Å². The molecule has 2 aromatic carbocycles. The fourth-order valence-corrected chi connectivity index (χ4v) is 6.53. The fourth-order valence-electron chi connectivity index (χ4n) is 6.53. The fraction of sp³-hybridized carbons (Fsp3) is 0.533. The second kappa shape index (κ2) is 29.0. The highest BCUT2D eigenvalue weighted by Gasteiger charge is 2.33. The molecule has 22 nitrogen and oxygen atoms in total. The second-order valence-corrected chi connectivity index (χ2v) is 16.9. The Bertz CT molecular complexity index is 1980. The number of aliphatic imine (C=N–C) groups is 1. The standard InChI is InChI=1S/C45H69N11O11/c1-25(2)22-34(41(63)52-27(5)38(47)60)56-40(62)32(17-18-36(58)59)53-43(65)37(26(3)4)50-21-19-33(44(66)67-24-29-10-7-6-8-11-29)54-42(64)35(23-28-13-15-30(57)16-14-28)55-39(61)31(46)12-9-20-51-45(48)49/h6-8,10-11,13-16,25-27,31-35,37,50,57H,9,12,17-24,46H2,1-5H3,(H2,47,60)(H,52,63)(H,53,65)(H,54,64)(H,55,61)(H,56,62)(H,58,59)(H4,48,49,51). The van der Waals surface area contributed by atoms with Gasteiger partial charge in [-0.05, 0) is 80.7 Å². The molecule has 16 N–H and O–H groups in total. The number of phenols is 1. The zero-order valence-electron chi connectivity index (χ0n) is 38.8. The number of hydrogen-bond acceptors (Lipinski definition) is 13. The van der Waals surface area contributed by atoms with Crippen LogP contribution in [0, 0.1) is 11.8 Å². The van der Waals surface area contributed by atoms with Gasteiger partial charge in [0.25, 0.3) is 0 Å². The minimum Gasteiger partial charge on any atom is -0.508 e. The number of carboxylic acid groups (broad SMARTS) is 1. The number of nitrogens with two attached hydrogens (primary N) is 4. The van der Waals surface area contributed by atoms with E-state index in [0.29, 0.717) is 17.5 Å². The van der Waals surface area contributed by atoms with Crippen LogP contribution in [-0.4, -0.2) is 119 Å². The van der Waals surface area contributed by atoms with Crippen molar-refractivity contribution in [3.8, 4) is 5.75 Å². The summed E-state index contributed by atoms with van der Waals surface area (Å²) in [4.78, 5) is 109. The number of rotatable bonds is 30. The van der Waals surface area contributed by atoms with Crippen LogP contribution in [0.15, 0.2) is 59.6 Å². The van der Waals surface area contributed by atoms with E-state index >= 15 is 0 Å². The predicted octanol–water partition coefficient (Wildman–Crippen LogP) is -1.10. The second-order valence-electron chi connectivity index (χ2n) is 16.9. The first-order valence-corrected chi connectivity index (χ1v) is 22.1. The molecular weight excluding hydrogens is 871 g/mol. The number of guanidine groups is 1. The number of aromatic hydroxyl groups is 1. The largest absolute Gasteiger partial charge is 0.508 e. The molecule has 0 aliphatic heterocycles. The molecule has 0 aliphatic rings. The van der Waals surface area contributed by atoms with Crippen LogP contribution in [-0.2, 0) is 56.1 Å². The molecule has 2 rings (SSSR count). The number of aliphatic carboxylic acids is 1. The predicted molar refractivity (Wildman–Crippen MR) is 248 cm³/mol. The molecule has 0 saturated carbocycles. The van der Waals surface area contributed by atoms with Gasteiger partial charge in [-0.2, -0.15) is 0 Å². The van der Waals surface area contributed by atoms with Gasteiger partial charge in [0.2, 0.25) is 35.4 Å². The smallest absolute Gasteiger partial charge is 0.329 e. The Morgan fingerprint density at radius 3 is 1.84 bits per heavy atom. The summed E-state index contributed by atoms with van der Waals surface area (Å²) in [5.41, 5.74) is 23.4. The Labute approximate surface area is 390 Å². The zero-order valence-corrected chi connectivity index (χ0v) is 38.8. The van der Waals surface area contributed by atoms with Crippen LogP contribution in [0.5, 0.6) is 5.75 Å². The minimum atomic E-state index is -1.41. The molecule has 7 atom stereocenters. The third kappa shape index (κ3) is 21.8. The molecule has 2 aromatic rings. The number of ether oxygens (including phenoxy) is 1. The van der Waals surface area contributed by atoms with Gasteiger partial charge >= 0.3 is 11.9 Å². The Morgan fingerprint density at radius 2 is 1.25 bits per heavy atom. The van der Waals surface area contributed by atoms with E-state index in [4.69, 9.17) is 27.7 Å². The lowest BCUT2D eigenvalue weighted by Crippen LogP contribution is -2.58. The van der Waals surface area contributed by atoms with Gasteiger partial charge in [-0.25, -0.2) is 4.79 Å². The summed E-state index contributed by atoms with van der Waals surface area (Å²) in [6.45, 7) is 8.41. The molecule has 7 unspecified atom stereocenters. The van der Waals surface area contributed by atoms with E-state index in [1.807, 2.05) is 0 Å². The number of primary amides is 1. The average Bonchev–Trinajstić information content (AvgIpc) is 3.26. The van der Waals surface area contributed by atoms with Gasteiger partial charge in [-0.3, -0.25) is 38.6 Å². The molecule has 0 heterocycles. The maximum atomic E-state index is 14.1. The lowest BCUT2D eigenvalue weighted by atomic mass is 10.00. The van der Waals surface area contributed by atoms with Crippen molar-refractivity contribution >= 4 is 53.3 Å². The van der Waals surface area contributed by atoms with Gasteiger partial charge in [0.05, 0.1) is 12.1 Å². The van der Waals surface area contributed by atoms with E-state index in [1.165, 1.54) is 19.1 Å². The van der Waals surface area contributed by atoms with Gasteiger partial charge < -0.3 is 69.8 Å². The average molecular weight is 940 g/mol. The molecule has 0 aromatic heterocycles. The number of benzene rings is 2. The first-order valence-electron chi connectivity index (χ1n) is 22.1. The van der Waals surface area contributed by atoms with Crippen molar-refractivity contribution in [1.29, 1.82) is 0 Å². The Morgan fingerprint density at radius 1 is 0.672 bits per heavy atom. The molecule has 6 amide bonds. The number of amides is 6. The maximum Gasteiger partial charge on any atom is 0.329 e. The molecule has 67 heavy (non-hydrogen) atoms. The summed E-state index contributed by atoms with van der Waals surface area (Å²) in [5, 5.41) is 35.4. The van der Waals surface area contributed by atoms with E-state index in [1.54, 1.807) is 70.2 Å². The molecular formula is C45H69N11O11. The van der Waals surface area contributed by atoms with Crippen molar-refractivity contribution in [2.45, 2.75) is 128 Å². The van der Waals surface area contributed by atoms with Crippen molar-refractivity contribution in [2.75, 3.05) is 13.1 Å². The Kier molecular flexibility index (Phi) is 24.3. The van der Waals surface area contributed by atoms with Crippen LogP contribution in [0.25, 0.3) is 0 Å². The Balaban J connectivity index is 2.35. The summed E-state index contributed by atoms with van der Waals surface area (Å²) >= 11 is 0. The molecule has 22 heteroatoms. The number of nitrogens with one attached hydrogen (secondary N) is 6. The number of carbonyl (C=O) groups excluding carboxylic acids is 7. The van der Waals surface area contributed by atoms with E-state index in [9.17, 15) is 48.6 Å². The Hall–Kier alpha value is -6.81. The third-order valence-corrected chi connectivity index (χ3v) is 10.3. The molecule has 0 radical (unpaired) electrons. The number of carboxylic acids is 1. The van der Waals surface area contributed by atoms with Gasteiger partial charge in [0.1, 0.15) is 42.6 Å². The topological polar surface area (TPSA) is 375 Å². The SMILES string of the molecule is CC(C)CC(NC(=O)C(CCC(=O)O)NC(=O)C(NCCC(NC(=O)C(Cc1ccc(O)cc1)NC(=O)C(N)CCCN=C(N)N)C(=O)OCc1ccccc1)C(C)C)C(=O)NC(C)C(N)=O. The summed E-state index contributed by atoms with van der Waals surface area (Å²) in [5.74, 6) is -7.22. The molecule has 0 fully saturated rings. The molecule has 0 bridgehead atoms. The normalized spacial score (nSPS) is 14.2. The van der Waals surface area contributed by atoms with Crippen molar-refractivity contribution in [3.05, 3.63) is 65.7 Å². The molecule has 0 spiro atoms. The zero-order chi connectivity index (χ0) is 50.2. The highest BCUT2D eigenvalue weighted by molar-refractivity contribution is 5.95. The third-order valence-electron chi connectivity index (χ3n) is 10.3. The van der Waals surface area contributed by atoms with E-state index in [-0.39, 0.29) is 69.4 Å². The molecule has 0 aliphatic carbocycles. The number of carbonyl (C=O) groups is 8. The van der Waals surface area contributed by atoms with Gasteiger partial charge in [0.15, 0.2) is 5.96 Å².